The molecule has 0 unspecified atom stereocenters. The molecule has 0 aliphatic rings. The second-order valence-corrected chi connectivity index (χ2v) is 39.9. The molecule has 0 bridgehead atoms. The van der Waals surface area contributed by atoms with Crippen LogP contribution in [-0.2, 0) is 16.5 Å². The van der Waals surface area contributed by atoms with Crippen molar-refractivity contribution >= 4 is 50.4 Å². The van der Waals surface area contributed by atoms with Gasteiger partial charge in [0.25, 0.3) is 0 Å². The smallest absolute Gasteiger partial charge is 0.311 e. The summed E-state index contributed by atoms with van der Waals surface area (Å²) < 4.78 is 27.5. The molecule has 0 aromatic heterocycles. The molecule has 0 atom stereocenters. The normalized spacial score (nSPS) is 14.7. The molecule has 214 valence electrons. The van der Waals surface area contributed by atoms with Gasteiger partial charge in [0, 0.05) is 0 Å². The van der Waals surface area contributed by atoms with Crippen LogP contribution in [0.5, 0.6) is 0 Å². The molecule has 0 spiro atoms. The van der Waals surface area contributed by atoms with Gasteiger partial charge in [-0.05, 0) is 124 Å². The average Bonchev–Trinajstić information content (AvgIpc) is 2.46. The fourth-order valence-electron chi connectivity index (χ4n) is 5.15. The van der Waals surface area contributed by atoms with Crippen molar-refractivity contribution in [3.8, 4) is 0 Å². The predicted octanol–water partition coefficient (Wildman–Crippen LogP) is 4.79. The van der Waals surface area contributed by atoms with E-state index in [4.69, 9.17) is 16.5 Å². The average molecular weight is 665 g/mol. The molecule has 0 saturated heterocycles. The molecule has 0 aromatic carbocycles. The molecule has 0 saturated carbocycles. The first-order chi connectivity index (χ1) is 14.8. The van der Waals surface area contributed by atoms with Crippen LogP contribution in [0.15, 0.2) is 0 Å². The van der Waals surface area contributed by atoms with Gasteiger partial charge >= 0.3 is 17.1 Å². The zero-order chi connectivity index (χ0) is 27.3. The largest absolute Gasteiger partial charge is 1.00 e. The second kappa shape index (κ2) is 14.3. The van der Waals surface area contributed by atoms with Gasteiger partial charge in [0.2, 0.25) is 0 Å². The van der Waals surface area contributed by atoms with Crippen LogP contribution in [0, 0.1) is 0 Å². The number of quaternary nitrogens is 1. The Balaban J connectivity index is 0. The first-order valence-corrected chi connectivity index (χ1v) is 32.1. The molecule has 12 heteroatoms. The Bertz CT molecular complexity index is 574. The van der Waals surface area contributed by atoms with Crippen molar-refractivity contribution in [3.63, 3.8) is 0 Å². The number of rotatable bonds is 17. The maximum absolute atomic E-state index is 6.72. The number of hydrogen-bond donors (Lipinski definition) is 0. The Morgan fingerprint density at radius 3 is 1.03 bits per heavy atom. The van der Waals surface area contributed by atoms with Crippen molar-refractivity contribution in [2.24, 2.45) is 0 Å². The van der Waals surface area contributed by atoms with Gasteiger partial charge in [-0.3, -0.25) is 0 Å². The van der Waals surface area contributed by atoms with Crippen LogP contribution in [0.4, 0.5) is 0 Å². The van der Waals surface area contributed by atoms with E-state index in [2.05, 4.69) is 106 Å². The van der Waals surface area contributed by atoms with E-state index in [0.29, 0.717) is 0 Å². The van der Waals surface area contributed by atoms with Crippen molar-refractivity contribution in [1.29, 1.82) is 0 Å². The van der Waals surface area contributed by atoms with Crippen molar-refractivity contribution in [3.05, 3.63) is 0 Å². The van der Waals surface area contributed by atoms with Gasteiger partial charge in [0.1, 0.15) is 0 Å². The van der Waals surface area contributed by atoms with Crippen LogP contribution in [-0.4, -0.2) is 81.6 Å². The molecule has 0 amide bonds. The third kappa shape index (κ3) is 20.2. The minimum atomic E-state index is -2.05. The Morgan fingerprint density at radius 1 is 0.514 bits per heavy atom. The SMILES string of the molecule is CC[N+](C)(CCC[Si](C)(C)O[Si](C)(C)O[Si](C)(C)C)CCC[Si](C)(C)O[Si](C)(C)O[Si](C)(C)C.[Br-]. The fourth-order valence-corrected chi connectivity index (χ4v) is 31.5. The van der Waals surface area contributed by atoms with Gasteiger partial charge in [0.15, 0.2) is 33.3 Å². The third-order valence-corrected chi connectivity index (χ3v) is 26.2. The van der Waals surface area contributed by atoms with E-state index in [1.54, 1.807) is 0 Å². The van der Waals surface area contributed by atoms with Crippen LogP contribution in [0.1, 0.15) is 19.8 Å². The van der Waals surface area contributed by atoms with Gasteiger partial charge in [-0.15, -0.1) is 0 Å². The van der Waals surface area contributed by atoms with Gasteiger partial charge in [0.05, 0.1) is 26.7 Å². The molecule has 0 aliphatic carbocycles. The Hall–Kier alpha value is 1.58. The van der Waals surface area contributed by atoms with Gasteiger partial charge in [-0.25, -0.2) is 0 Å². The lowest BCUT2D eigenvalue weighted by molar-refractivity contribution is -0.907. The van der Waals surface area contributed by atoms with Crippen LogP contribution >= 0.6 is 0 Å². The van der Waals surface area contributed by atoms with Crippen molar-refractivity contribution in [2.75, 3.05) is 26.7 Å². The topological polar surface area (TPSA) is 36.9 Å². The van der Waals surface area contributed by atoms with Crippen molar-refractivity contribution < 1.29 is 37.9 Å². The highest BCUT2D eigenvalue weighted by Crippen LogP contribution is 2.26. The molecule has 35 heavy (non-hydrogen) atoms. The van der Waals surface area contributed by atoms with Crippen molar-refractivity contribution in [2.45, 2.75) is 124 Å². The standard InChI is InChI=1S/C23H62NO4Si6.BrH/c1-17-24(2,20-18-22-31(9,10)27-33(13,14)25-29(3,4)5)21-19-23-32(11,12)28-34(15,16)26-30(6,7)8;/h17-23H2,1-16H3;1H/q+1;/p-1. The minimum absolute atomic E-state index is 0. The van der Waals surface area contributed by atoms with Crippen molar-refractivity contribution in [1.82, 2.24) is 0 Å². The summed E-state index contributed by atoms with van der Waals surface area (Å²) in [6, 6.07) is 2.42. The van der Waals surface area contributed by atoms with E-state index in [1.807, 2.05) is 0 Å². The summed E-state index contributed by atoms with van der Waals surface area (Å²) >= 11 is 0. The minimum Gasteiger partial charge on any atom is -1.00 e. The monoisotopic (exact) mass is 663 g/mol. The van der Waals surface area contributed by atoms with Crippen LogP contribution in [0.3, 0.4) is 0 Å². The molecule has 0 N–H and O–H groups in total. The summed E-state index contributed by atoms with van der Waals surface area (Å²) in [5.41, 5.74) is 0. The summed E-state index contributed by atoms with van der Waals surface area (Å²) in [4.78, 5) is 0. The summed E-state index contributed by atoms with van der Waals surface area (Å²) in [6.07, 6.45) is 2.48. The lowest BCUT2D eigenvalue weighted by Gasteiger charge is -2.39. The summed E-state index contributed by atoms with van der Waals surface area (Å²) in [5.74, 6) is 0. The molecule has 0 aliphatic heterocycles. The molecule has 0 radical (unpaired) electrons. The number of halogens is 1. The summed E-state index contributed by atoms with van der Waals surface area (Å²) in [6.45, 7) is 38.0. The van der Waals surface area contributed by atoms with Crippen LogP contribution in [0.25, 0.3) is 0 Å². The first kappa shape index (κ1) is 38.7. The molecular weight excluding hydrogens is 603 g/mol. The quantitative estimate of drug-likeness (QED) is 0.166. The zero-order valence-electron chi connectivity index (χ0n) is 26.4. The molecule has 0 aromatic rings. The Morgan fingerprint density at radius 2 is 0.800 bits per heavy atom. The molecule has 0 fully saturated rings. The maximum Gasteiger partial charge on any atom is 0.311 e. The lowest BCUT2D eigenvalue weighted by Crippen LogP contribution is -3.00. The number of nitrogens with zero attached hydrogens (tertiary/aromatic N) is 1. The van der Waals surface area contributed by atoms with E-state index >= 15 is 0 Å². The van der Waals surface area contributed by atoms with Crippen LogP contribution in [0.2, 0.25) is 104 Å². The lowest BCUT2D eigenvalue weighted by atomic mass is 10.3. The zero-order valence-corrected chi connectivity index (χ0v) is 34.0. The Kier molecular flexibility index (Phi) is 15.8. The van der Waals surface area contributed by atoms with E-state index in [-0.39, 0.29) is 17.0 Å². The second-order valence-electron chi connectivity index (χ2n) is 14.5. The van der Waals surface area contributed by atoms with E-state index < -0.39 is 50.4 Å². The maximum atomic E-state index is 6.72. The summed E-state index contributed by atoms with van der Waals surface area (Å²) in [7, 11) is -8.27. The van der Waals surface area contributed by atoms with Gasteiger partial charge in [-0.2, -0.15) is 0 Å². The van der Waals surface area contributed by atoms with E-state index in [1.165, 1.54) is 44.6 Å². The summed E-state index contributed by atoms with van der Waals surface area (Å²) in [5, 5.41) is 0. The van der Waals surface area contributed by atoms with Crippen LogP contribution < -0.4 is 17.0 Å². The van der Waals surface area contributed by atoms with E-state index in [9.17, 15) is 0 Å². The Labute approximate surface area is 237 Å². The molecule has 0 heterocycles. The van der Waals surface area contributed by atoms with Gasteiger partial charge in [-0.1, -0.05) is 0 Å². The molecule has 5 nitrogen and oxygen atoms in total. The fraction of sp³-hybridized carbons (Fsp3) is 1.00. The highest BCUT2D eigenvalue weighted by molar-refractivity contribution is 6.88. The predicted molar refractivity (Wildman–Crippen MR) is 166 cm³/mol. The number of hydrogen-bond acceptors (Lipinski definition) is 4. The van der Waals surface area contributed by atoms with E-state index in [0.717, 1.165) is 4.48 Å². The molecule has 0 rings (SSSR count). The highest BCUT2D eigenvalue weighted by atomic mass is 79.9. The van der Waals surface area contributed by atoms with Gasteiger partial charge < -0.3 is 37.9 Å². The highest BCUT2D eigenvalue weighted by Gasteiger charge is 2.39. The first-order valence-electron chi connectivity index (χ1n) is 13.4. The third-order valence-electron chi connectivity index (χ3n) is 5.87. The molecular formula is C23H62BrNO4Si6.